The smallest absolute Gasteiger partial charge is 0.236 e. The Balaban J connectivity index is 0.000000982. The normalized spacial score (nSPS) is 14.4. The molecule has 1 aliphatic rings. The SMILES string of the molecule is CC.CC(C)C.CC(NC1CCCCC1)C(=O)NCCCC(c1ccc(F)cc1)c1ccc(F)cc1. The summed E-state index contributed by atoms with van der Waals surface area (Å²) in [5, 5.41) is 6.47. The van der Waals surface area contributed by atoms with Gasteiger partial charge in [0.1, 0.15) is 11.6 Å². The van der Waals surface area contributed by atoms with Gasteiger partial charge in [-0.1, -0.05) is 78.1 Å². The lowest BCUT2D eigenvalue weighted by Gasteiger charge is -2.26. The van der Waals surface area contributed by atoms with Crippen molar-refractivity contribution in [1.29, 1.82) is 0 Å². The molecule has 0 aliphatic heterocycles. The molecule has 0 saturated heterocycles. The molecule has 1 unspecified atom stereocenters. The fraction of sp³-hybridized carbons (Fsp3) is 0.581. The molecule has 3 nitrogen and oxygen atoms in total. The van der Waals surface area contributed by atoms with E-state index in [2.05, 4.69) is 31.4 Å². The van der Waals surface area contributed by atoms with Gasteiger partial charge in [-0.15, -0.1) is 0 Å². The number of hydrogen-bond acceptors (Lipinski definition) is 2. The molecule has 1 atom stereocenters. The van der Waals surface area contributed by atoms with Crippen molar-refractivity contribution in [2.45, 2.75) is 104 Å². The highest BCUT2D eigenvalue weighted by Gasteiger charge is 2.20. The van der Waals surface area contributed by atoms with Crippen LogP contribution in [0, 0.1) is 17.6 Å². The van der Waals surface area contributed by atoms with Gasteiger partial charge in [-0.2, -0.15) is 0 Å². The molecule has 0 bridgehead atoms. The molecule has 3 rings (SSSR count). The summed E-state index contributed by atoms with van der Waals surface area (Å²) in [6.07, 6.45) is 7.62. The molecule has 2 aromatic carbocycles. The summed E-state index contributed by atoms with van der Waals surface area (Å²) in [5.41, 5.74) is 1.98. The van der Waals surface area contributed by atoms with E-state index in [9.17, 15) is 13.6 Å². The molecule has 0 heterocycles. The zero-order valence-electron chi connectivity index (χ0n) is 23.2. The number of carbonyl (C=O) groups is 1. The largest absolute Gasteiger partial charge is 0.355 e. The maximum Gasteiger partial charge on any atom is 0.236 e. The van der Waals surface area contributed by atoms with Crippen molar-refractivity contribution in [3.8, 4) is 0 Å². The van der Waals surface area contributed by atoms with Crippen LogP contribution in [0.5, 0.6) is 0 Å². The molecule has 0 spiro atoms. The van der Waals surface area contributed by atoms with E-state index >= 15 is 0 Å². The van der Waals surface area contributed by atoms with Gasteiger partial charge in [0.25, 0.3) is 0 Å². The Kier molecular flexibility index (Phi) is 15.9. The minimum Gasteiger partial charge on any atom is -0.355 e. The van der Waals surface area contributed by atoms with Gasteiger partial charge in [-0.25, -0.2) is 8.78 Å². The zero-order chi connectivity index (χ0) is 26.9. The second-order valence-electron chi connectivity index (χ2n) is 10.0. The number of rotatable bonds is 9. The Morgan fingerprint density at radius 3 is 1.72 bits per heavy atom. The number of nitrogens with one attached hydrogen (secondary N) is 2. The average Bonchev–Trinajstić information content (AvgIpc) is 2.87. The van der Waals surface area contributed by atoms with Crippen molar-refractivity contribution in [3.05, 3.63) is 71.3 Å². The predicted octanol–water partition coefficient (Wildman–Crippen LogP) is 7.99. The Morgan fingerprint density at radius 1 is 0.833 bits per heavy atom. The first-order valence-electron chi connectivity index (χ1n) is 13.8. The molecular formula is C31H48F2N2O. The van der Waals surface area contributed by atoms with Gasteiger partial charge in [0.05, 0.1) is 6.04 Å². The first kappa shape index (κ1) is 31.8. The van der Waals surface area contributed by atoms with E-state index in [1.54, 1.807) is 24.3 Å². The van der Waals surface area contributed by atoms with Gasteiger partial charge in [-0.05, 0) is 73.9 Å². The number of carbonyl (C=O) groups excluding carboxylic acids is 1. The van der Waals surface area contributed by atoms with Gasteiger partial charge in [0, 0.05) is 18.5 Å². The highest BCUT2D eigenvalue weighted by Crippen LogP contribution is 2.29. The maximum atomic E-state index is 13.3. The third kappa shape index (κ3) is 12.6. The molecule has 202 valence electrons. The second-order valence-corrected chi connectivity index (χ2v) is 10.0. The molecule has 2 N–H and O–H groups in total. The summed E-state index contributed by atoms with van der Waals surface area (Å²) in [6.45, 7) is 13.0. The molecule has 2 aromatic rings. The van der Waals surface area contributed by atoms with Crippen molar-refractivity contribution in [2.24, 2.45) is 5.92 Å². The van der Waals surface area contributed by atoms with Crippen LogP contribution in [-0.2, 0) is 4.79 Å². The van der Waals surface area contributed by atoms with Gasteiger partial charge in [0.2, 0.25) is 5.91 Å². The maximum absolute atomic E-state index is 13.3. The number of amides is 1. The minimum atomic E-state index is -0.275. The van der Waals surface area contributed by atoms with Crippen LogP contribution in [0.1, 0.15) is 104 Å². The molecular weight excluding hydrogens is 454 g/mol. The molecule has 0 aromatic heterocycles. The van der Waals surface area contributed by atoms with Crippen molar-refractivity contribution in [1.82, 2.24) is 10.6 Å². The van der Waals surface area contributed by atoms with Crippen molar-refractivity contribution >= 4 is 5.91 Å². The third-order valence-electron chi connectivity index (χ3n) is 6.00. The predicted molar refractivity (Wildman–Crippen MR) is 148 cm³/mol. The van der Waals surface area contributed by atoms with E-state index in [1.165, 1.54) is 43.5 Å². The van der Waals surface area contributed by atoms with Crippen LogP contribution in [0.15, 0.2) is 48.5 Å². The first-order chi connectivity index (χ1) is 17.3. The van der Waals surface area contributed by atoms with Crippen molar-refractivity contribution in [3.63, 3.8) is 0 Å². The van der Waals surface area contributed by atoms with Crippen LogP contribution < -0.4 is 10.6 Å². The minimum absolute atomic E-state index is 0.0284. The summed E-state index contributed by atoms with van der Waals surface area (Å²) < 4.78 is 26.7. The Labute approximate surface area is 218 Å². The summed E-state index contributed by atoms with van der Waals surface area (Å²) in [5.74, 6) is 0.341. The van der Waals surface area contributed by atoms with Crippen LogP contribution in [-0.4, -0.2) is 24.5 Å². The van der Waals surface area contributed by atoms with Crippen LogP contribution >= 0.6 is 0 Å². The highest BCUT2D eigenvalue weighted by atomic mass is 19.1. The molecule has 36 heavy (non-hydrogen) atoms. The van der Waals surface area contributed by atoms with Gasteiger partial charge < -0.3 is 10.6 Å². The number of hydrogen-bond donors (Lipinski definition) is 2. The molecule has 1 aliphatic carbocycles. The van der Waals surface area contributed by atoms with Crippen LogP contribution in [0.2, 0.25) is 0 Å². The Hall–Kier alpha value is -2.27. The summed E-state index contributed by atoms with van der Waals surface area (Å²) in [6, 6.07) is 13.2. The quantitative estimate of drug-likeness (QED) is 0.341. The highest BCUT2D eigenvalue weighted by molar-refractivity contribution is 5.81. The fourth-order valence-electron chi connectivity index (χ4n) is 4.29. The topological polar surface area (TPSA) is 41.1 Å². The summed E-state index contributed by atoms with van der Waals surface area (Å²) >= 11 is 0. The lowest BCUT2D eigenvalue weighted by Crippen LogP contribution is -2.47. The monoisotopic (exact) mass is 502 g/mol. The van der Waals surface area contributed by atoms with Gasteiger partial charge >= 0.3 is 0 Å². The van der Waals surface area contributed by atoms with Crippen molar-refractivity contribution < 1.29 is 13.6 Å². The standard InChI is InChI=1S/C25H32F2N2O.C4H10.C2H6/c1-18(29-23-6-3-2-4-7-23)25(30)28-17-5-8-24(19-9-13-21(26)14-10-19)20-11-15-22(27)16-12-20;1-4(2)3;1-2/h9-16,18,23-24,29H,2-8,17H2,1H3,(H,28,30);4H,1-3H3;1-2H3. The molecule has 0 radical (unpaired) electrons. The van der Waals surface area contributed by atoms with E-state index < -0.39 is 0 Å². The van der Waals surface area contributed by atoms with Gasteiger partial charge in [0.15, 0.2) is 0 Å². The van der Waals surface area contributed by atoms with E-state index in [0.717, 1.165) is 42.7 Å². The zero-order valence-corrected chi connectivity index (χ0v) is 23.2. The molecule has 1 fully saturated rings. The fourth-order valence-corrected chi connectivity index (χ4v) is 4.29. The third-order valence-corrected chi connectivity index (χ3v) is 6.00. The molecule has 1 saturated carbocycles. The van der Waals surface area contributed by atoms with E-state index in [0.29, 0.717) is 12.6 Å². The van der Waals surface area contributed by atoms with E-state index in [1.807, 2.05) is 20.8 Å². The van der Waals surface area contributed by atoms with Crippen molar-refractivity contribution in [2.75, 3.05) is 6.54 Å². The van der Waals surface area contributed by atoms with Crippen LogP contribution in [0.4, 0.5) is 8.78 Å². The number of benzene rings is 2. The summed E-state index contributed by atoms with van der Waals surface area (Å²) in [4.78, 5) is 12.4. The van der Waals surface area contributed by atoms with E-state index in [4.69, 9.17) is 0 Å². The first-order valence-corrected chi connectivity index (χ1v) is 13.8. The summed E-state index contributed by atoms with van der Waals surface area (Å²) in [7, 11) is 0. The second kappa shape index (κ2) is 18.0. The van der Waals surface area contributed by atoms with Crippen LogP contribution in [0.3, 0.4) is 0 Å². The average molecular weight is 503 g/mol. The number of halogens is 2. The Bertz CT molecular complexity index is 782. The lowest BCUT2D eigenvalue weighted by atomic mass is 9.87. The van der Waals surface area contributed by atoms with Crippen LogP contribution in [0.25, 0.3) is 0 Å². The lowest BCUT2D eigenvalue weighted by molar-refractivity contribution is -0.123. The molecule has 1 amide bonds. The Morgan fingerprint density at radius 2 is 1.28 bits per heavy atom. The molecule has 5 heteroatoms. The van der Waals surface area contributed by atoms with Gasteiger partial charge in [-0.3, -0.25) is 4.79 Å². The van der Waals surface area contributed by atoms with E-state index in [-0.39, 0.29) is 29.5 Å².